The maximum atomic E-state index is 15.0. The van der Waals surface area contributed by atoms with Crippen molar-refractivity contribution in [1.29, 1.82) is 5.53 Å². The Labute approximate surface area is 179 Å². The molecular weight excluding hydrogens is 401 g/mol. The Balaban J connectivity index is 1.73. The number of aliphatic hydroxyl groups is 1. The van der Waals surface area contributed by atoms with E-state index in [1.165, 1.54) is 17.8 Å². The van der Waals surface area contributed by atoms with Gasteiger partial charge in [0.2, 0.25) is 11.8 Å². The lowest BCUT2D eigenvalue weighted by Crippen LogP contribution is -2.36. The van der Waals surface area contributed by atoms with Crippen LogP contribution in [0.15, 0.2) is 29.5 Å². The Morgan fingerprint density at radius 3 is 2.74 bits per heavy atom. The molecule has 0 atom stereocenters. The van der Waals surface area contributed by atoms with Crippen LogP contribution in [0, 0.1) is 11.3 Å². The van der Waals surface area contributed by atoms with Gasteiger partial charge in [-0.25, -0.2) is 14.4 Å². The Bertz CT molecular complexity index is 1120. The lowest BCUT2D eigenvalue weighted by molar-refractivity contribution is 0.0195. The van der Waals surface area contributed by atoms with Crippen molar-refractivity contribution in [1.82, 2.24) is 14.6 Å². The van der Waals surface area contributed by atoms with Gasteiger partial charge in [-0.15, -0.1) is 5.10 Å². The zero-order chi connectivity index (χ0) is 22.2. The van der Waals surface area contributed by atoms with Gasteiger partial charge in [-0.05, 0) is 50.3 Å². The van der Waals surface area contributed by atoms with Crippen molar-refractivity contribution in [3.63, 3.8) is 0 Å². The number of hydrogen-bond donors (Lipinski definition) is 4. The molecular formula is C21H26FN7O2. The summed E-state index contributed by atoms with van der Waals surface area (Å²) < 4.78 is 21.9. The first-order valence-corrected chi connectivity index (χ1v) is 10.2. The normalized spacial score (nSPS) is 21.1. The number of anilines is 2. The van der Waals surface area contributed by atoms with Crippen molar-refractivity contribution in [2.24, 2.45) is 5.11 Å². The molecule has 4 N–H and O–H groups in total. The van der Waals surface area contributed by atoms with Gasteiger partial charge < -0.3 is 20.5 Å². The zero-order valence-electron chi connectivity index (χ0n) is 17.7. The van der Waals surface area contributed by atoms with Crippen LogP contribution in [-0.2, 0) is 0 Å². The van der Waals surface area contributed by atoms with E-state index in [1.807, 2.05) is 6.92 Å². The summed E-state index contributed by atoms with van der Waals surface area (Å²) >= 11 is 0. The Morgan fingerprint density at radius 1 is 1.35 bits per heavy atom. The number of fused-ring (bicyclic) bond motifs is 1. The molecule has 2 heterocycles. The highest BCUT2D eigenvalue weighted by Gasteiger charge is 2.29. The maximum absolute atomic E-state index is 15.0. The summed E-state index contributed by atoms with van der Waals surface area (Å²) in [6.45, 7) is 1.85. The van der Waals surface area contributed by atoms with E-state index in [1.54, 1.807) is 25.2 Å². The van der Waals surface area contributed by atoms with Crippen molar-refractivity contribution < 1.29 is 14.2 Å². The van der Waals surface area contributed by atoms with Crippen LogP contribution in [0.5, 0.6) is 5.88 Å². The summed E-state index contributed by atoms with van der Waals surface area (Å²) in [5.41, 5.74) is 9.01. The standard InChI is InChI=1S/C21H26FN7O2/c1-21(30)8-6-13(7-9-21)25-20-26-19(31-3)18-17(14(22)11-29(18)28-20)12-4-5-15(27-23)16(10-12)24-2/h4-5,10-11,13,23-24,30H,6-9H2,1-3H3,(H,25,28). The van der Waals surface area contributed by atoms with Gasteiger partial charge in [-0.3, -0.25) is 0 Å². The number of methoxy groups -OCH3 is 1. The molecule has 4 rings (SSSR count). The number of aromatic nitrogens is 3. The van der Waals surface area contributed by atoms with Crippen LogP contribution in [0.3, 0.4) is 0 Å². The maximum Gasteiger partial charge on any atom is 0.244 e. The molecule has 0 radical (unpaired) electrons. The highest BCUT2D eigenvalue weighted by Crippen LogP contribution is 2.38. The molecule has 1 fully saturated rings. The zero-order valence-corrected chi connectivity index (χ0v) is 17.7. The minimum absolute atomic E-state index is 0.126. The largest absolute Gasteiger partial charge is 0.479 e. The quantitative estimate of drug-likeness (QED) is 0.434. The number of benzene rings is 1. The van der Waals surface area contributed by atoms with E-state index in [2.05, 4.69) is 25.8 Å². The molecule has 31 heavy (non-hydrogen) atoms. The summed E-state index contributed by atoms with van der Waals surface area (Å²) in [6, 6.07) is 5.21. The van der Waals surface area contributed by atoms with E-state index in [0.717, 1.165) is 12.8 Å². The van der Waals surface area contributed by atoms with Gasteiger partial charge in [-0.2, -0.15) is 10.1 Å². The molecule has 1 saturated carbocycles. The summed E-state index contributed by atoms with van der Waals surface area (Å²) in [5, 5.41) is 24.3. The van der Waals surface area contributed by atoms with Gasteiger partial charge in [0.25, 0.3) is 0 Å². The van der Waals surface area contributed by atoms with Crippen LogP contribution >= 0.6 is 0 Å². The van der Waals surface area contributed by atoms with Crippen LogP contribution in [-0.4, -0.2) is 45.5 Å². The van der Waals surface area contributed by atoms with E-state index < -0.39 is 11.4 Å². The number of halogens is 1. The van der Waals surface area contributed by atoms with Crippen molar-refractivity contribution >= 4 is 22.8 Å². The first kappa shape index (κ1) is 21.0. The van der Waals surface area contributed by atoms with Crippen LogP contribution < -0.4 is 15.4 Å². The smallest absolute Gasteiger partial charge is 0.244 e. The van der Waals surface area contributed by atoms with E-state index in [9.17, 15) is 5.11 Å². The lowest BCUT2D eigenvalue weighted by Gasteiger charge is -2.33. The summed E-state index contributed by atoms with van der Waals surface area (Å²) in [6.07, 6.45) is 4.28. The van der Waals surface area contributed by atoms with Gasteiger partial charge in [-0.1, -0.05) is 6.07 Å². The molecule has 10 heteroatoms. The highest BCUT2D eigenvalue weighted by atomic mass is 19.1. The summed E-state index contributed by atoms with van der Waals surface area (Å²) in [4.78, 5) is 4.47. The molecule has 1 aliphatic rings. The van der Waals surface area contributed by atoms with E-state index >= 15 is 4.39 Å². The van der Waals surface area contributed by atoms with Crippen LogP contribution in [0.1, 0.15) is 32.6 Å². The molecule has 1 aromatic carbocycles. The number of nitrogens with one attached hydrogen (secondary N) is 3. The monoisotopic (exact) mass is 427 g/mol. The van der Waals surface area contributed by atoms with Gasteiger partial charge in [0.15, 0.2) is 5.82 Å². The first-order valence-electron chi connectivity index (χ1n) is 10.2. The average Bonchev–Trinajstić information content (AvgIpc) is 3.09. The second kappa shape index (κ2) is 8.10. The average molecular weight is 427 g/mol. The third kappa shape index (κ3) is 4.02. The molecule has 0 unspecified atom stereocenters. The third-order valence-corrected chi connectivity index (χ3v) is 5.82. The molecule has 0 amide bonds. The summed E-state index contributed by atoms with van der Waals surface area (Å²) in [7, 11) is 3.20. The fourth-order valence-electron chi connectivity index (χ4n) is 4.06. The van der Waals surface area contributed by atoms with Crippen molar-refractivity contribution in [2.45, 2.75) is 44.2 Å². The highest BCUT2D eigenvalue weighted by molar-refractivity contribution is 5.87. The minimum Gasteiger partial charge on any atom is -0.479 e. The number of hydrogen-bond acceptors (Lipinski definition) is 8. The topological polar surface area (TPSA) is 120 Å². The van der Waals surface area contributed by atoms with Crippen molar-refractivity contribution in [2.75, 3.05) is 24.8 Å². The SMILES string of the molecule is CNc1cc(-c2c(F)cn3nc(NC4CCC(C)(O)CC4)nc(OC)c23)ccc1N=N. The van der Waals surface area contributed by atoms with E-state index in [4.69, 9.17) is 10.3 Å². The number of ether oxygens (including phenoxy) is 1. The van der Waals surface area contributed by atoms with Crippen LogP contribution in [0.25, 0.3) is 16.6 Å². The number of rotatable bonds is 6. The molecule has 3 aromatic rings. The second-order valence-corrected chi connectivity index (χ2v) is 8.10. The van der Waals surface area contributed by atoms with Gasteiger partial charge in [0.1, 0.15) is 11.2 Å². The minimum atomic E-state index is -0.631. The fourth-order valence-corrected chi connectivity index (χ4v) is 4.06. The summed E-state index contributed by atoms with van der Waals surface area (Å²) in [5.74, 6) is 0.132. The van der Waals surface area contributed by atoms with Gasteiger partial charge in [0, 0.05) is 13.1 Å². The third-order valence-electron chi connectivity index (χ3n) is 5.82. The fraction of sp³-hybridized carbons (Fsp3) is 0.429. The van der Waals surface area contributed by atoms with Crippen molar-refractivity contribution in [3.8, 4) is 17.0 Å². The van der Waals surface area contributed by atoms with Crippen LogP contribution in [0.2, 0.25) is 0 Å². The molecule has 2 aromatic heterocycles. The predicted molar refractivity (Wildman–Crippen MR) is 116 cm³/mol. The van der Waals surface area contributed by atoms with Crippen LogP contribution in [0.4, 0.5) is 21.7 Å². The number of nitrogens with zero attached hydrogens (tertiary/aromatic N) is 4. The van der Waals surface area contributed by atoms with E-state index in [-0.39, 0.29) is 11.9 Å². The molecule has 1 aliphatic carbocycles. The Morgan fingerprint density at radius 2 is 2.10 bits per heavy atom. The van der Waals surface area contributed by atoms with Gasteiger partial charge >= 0.3 is 0 Å². The molecule has 0 aliphatic heterocycles. The van der Waals surface area contributed by atoms with E-state index in [0.29, 0.717) is 46.8 Å². The molecule has 0 spiro atoms. The molecule has 164 valence electrons. The molecule has 0 bridgehead atoms. The first-order chi connectivity index (χ1) is 14.8. The lowest BCUT2D eigenvalue weighted by atomic mass is 9.84. The Hall–Kier alpha value is -3.27. The van der Waals surface area contributed by atoms with Gasteiger partial charge in [0.05, 0.1) is 30.2 Å². The second-order valence-electron chi connectivity index (χ2n) is 8.10. The predicted octanol–water partition coefficient (Wildman–Crippen LogP) is 4.35. The van der Waals surface area contributed by atoms with Crippen molar-refractivity contribution in [3.05, 3.63) is 30.2 Å². The molecule has 0 saturated heterocycles. The molecule has 9 nitrogen and oxygen atoms in total. The Kier molecular flexibility index (Phi) is 5.48.